The molecule has 1 saturated heterocycles. The van der Waals surface area contributed by atoms with Gasteiger partial charge in [-0.1, -0.05) is 34.7 Å². The minimum atomic E-state index is 0.167. The maximum atomic E-state index is 5.36. The fraction of sp³-hybridized carbons (Fsp3) is 0.250. The fourth-order valence-electron chi connectivity index (χ4n) is 2.76. The summed E-state index contributed by atoms with van der Waals surface area (Å²) in [5.74, 6) is 7.41. The summed E-state index contributed by atoms with van der Waals surface area (Å²) >= 11 is 0. The second-order valence-corrected chi connectivity index (χ2v) is 6.15. The highest BCUT2D eigenvalue weighted by Crippen LogP contribution is 2.23. The van der Waals surface area contributed by atoms with Gasteiger partial charge in [0, 0.05) is 17.3 Å². The van der Waals surface area contributed by atoms with Crippen LogP contribution in [0.15, 0.2) is 47.1 Å². The van der Waals surface area contributed by atoms with Gasteiger partial charge in [-0.15, -0.1) is 0 Å². The monoisotopic (exact) mass is 330 g/mol. The Morgan fingerprint density at radius 1 is 1.08 bits per heavy atom. The van der Waals surface area contributed by atoms with Crippen molar-refractivity contribution in [2.75, 3.05) is 6.54 Å². The molecule has 0 radical (unpaired) electrons. The highest BCUT2D eigenvalue weighted by atomic mass is 16.5. The lowest BCUT2D eigenvalue weighted by atomic mass is 10.1. The van der Waals surface area contributed by atoms with Crippen molar-refractivity contribution in [1.29, 1.82) is 0 Å². The van der Waals surface area contributed by atoms with Gasteiger partial charge in [-0.25, -0.2) is 0 Å². The van der Waals surface area contributed by atoms with Gasteiger partial charge in [0.25, 0.3) is 0 Å². The number of pyridine rings is 1. The first-order chi connectivity index (χ1) is 12.3. The van der Waals surface area contributed by atoms with Crippen LogP contribution in [-0.2, 0) is 0 Å². The van der Waals surface area contributed by atoms with Gasteiger partial charge in [-0.05, 0) is 50.6 Å². The van der Waals surface area contributed by atoms with E-state index in [2.05, 4.69) is 51.3 Å². The zero-order valence-corrected chi connectivity index (χ0v) is 14.0. The predicted octanol–water partition coefficient (Wildman–Crippen LogP) is 3.26. The zero-order chi connectivity index (χ0) is 17.1. The van der Waals surface area contributed by atoms with Gasteiger partial charge in [0.15, 0.2) is 0 Å². The Kier molecular flexibility index (Phi) is 4.28. The molecule has 3 aromatic rings. The molecule has 4 rings (SSSR count). The standard InChI is InChI=1S/C20H18N4O/c1-14-4-6-15(7-5-14)8-9-16-10-11-17(22-13-16)19-23-20(25-24-19)18-3-2-12-21-18/h4-7,10-11,13,18,21H,2-3,12H2,1H3. The van der Waals surface area contributed by atoms with Crippen molar-refractivity contribution in [3.8, 4) is 23.4 Å². The quantitative estimate of drug-likeness (QED) is 0.731. The molecule has 1 aliphatic heterocycles. The Balaban J connectivity index is 1.49. The highest BCUT2D eigenvalue weighted by molar-refractivity contribution is 5.51. The Morgan fingerprint density at radius 2 is 1.88 bits per heavy atom. The van der Waals surface area contributed by atoms with E-state index in [4.69, 9.17) is 4.52 Å². The van der Waals surface area contributed by atoms with Crippen LogP contribution in [0, 0.1) is 18.8 Å². The molecule has 0 spiro atoms. The van der Waals surface area contributed by atoms with Crippen LogP contribution in [0.1, 0.15) is 41.5 Å². The Morgan fingerprint density at radius 3 is 2.60 bits per heavy atom. The van der Waals surface area contributed by atoms with E-state index >= 15 is 0 Å². The number of hydrogen-bond acceptors (Lipinski definition) is 5. The molecule has 124 valence electrons. The van der Waals surface area contributed by atoms with Crippen LogP contribution >= 0.6 is 0 Å². The van der Waals surface area contributed by atoms with E-state index in [0.717, 1.165) is 30.5 Å². The van der Waals surface area contributed by atoms with Crippen molar-refractivity contribution in [2.45, 2.75) is 25.8 Å². The van der Waals surface area contributed by atoms with Crippen LogP contribution in [0.25, 0.3) is 11.5 Å². The SMILES string of the molecule is Cc1ccc(C#Cc2ccc(-c3noc(C4CCCN4)n3)nc2)cc1. The number of nitrogens with zero attached hydrogens (tertiary/aromatic N) is 3. The predicted molar refractivity (Wildman–Crippen MR) is 94.7 cm³/mol. The Labute approximate surface area is 146 Å². The summed E-state index contributed by atoms with van der Waals surface area (Å²) in [5, 5.41) is 7.39. The lowest BCUT2D eigenvalue weighted by Gasteiger charge is -2.01. The summed E-state index contributed by atoms with van der Waals surface area (Å²) in [6, 6.07) is 12.1. The van der Waals surface area contributed by atoms with E-state index in [1.165, 1.54) is 5.56 Å². The lowest BCUT2D eigenvalue weighted by Crippen LogP contribution is -2.12. The average molecular weight is 330 g/mol. The molecule has 1 N–H and O–H groups in total. The molecular weight excluding hydrogens is 312 g/mol. The molecule has 0 saturated carbocycles. The van der Waals surface area contributed by atoms with Gasteiger partial charge in [0.1, 0.15) is 5.69 Å². The van der Waals surface area contributed by atoms with Crippen molar-refractivity contribution >= 4 is 0 Å². The van der Waals surface area contributed by atoms with Crippen LogP contribution in [0.4, 0.5) is 0 Å². The fourth-order valence-corrected chi connectivity index (χ4v) is 2.76. The van der Waals surface area contributed by atoms with E-state index in [0.29, 0.717) is 17.4 Å². The molecule has 1 atom stereocenters. The van der Waals surface area contributed by atoms with Crippen LogP contribution in [0.3, 0.4) is 0 Å². The molecule has 25 heavy (non-hydrogen) atoms. The smallest absolute Gasteiger partial charge is 0.244 e. The number of hydrogen-bond donors (Lipinski definition) is 1. The number of aryl methyl sites for hydroxylation is 1. The van der Waals surface area contributed by atoms with Crippen molar-refractivity contribution in [2.24, 2.45) is 0 Å². The van der Waals surface area contributed by atoms with Crippen LogP contribution in [0.2, 0.25) is 0 Å². The van der Waals surface area contributed by atoms with Gasteiger partial charge < -0.3 is 9.84 Å². The summed E-state index contributed by atoms with van der Waals surface area (Å²) in [4.78, 5) is 8.86. The van der Waals surface area contributed by atoms with Crippen molar-refractivity contribution < 1.29 is 4.52 Å². The van der Waals surface area contributed by atoms with Crippen LogP contribution in [-0.4, -0.2) is 21.7 Å². The first-order valence-electron chi connectivity index (χ1n) is 8.40. The molecule has 2 aromatic heterocycles. The highest BCUT2D eigenvalue weighted by Gasteiger charge is 2.22. The van der Waals surface area contributed by atoms with Crippen molar-refractivity contribution in [3.05, 3.63) is 65.2 Å². The largest absolute Gasteiger partial charge is 0.337 e. The second kappa shape index (κ2) is 6.88. The molecule has 1 fully saturated rings. The van der Waals surface area contributed by atoms with Gasteiger partial charge in [-0.3, -0.25) is 4.98 Å². The molecular formula is C20H18N4O. The first-order valence-corrected chi connectivity index (χ1v) is 8.40. The average Bonchev–Trinajstić information content (AvgIpc) is 3.33. The summed E-state index contributed by atoms with van der Waals surface area (Å²) in [6.07, 6.45) is 3.90. The molecule has 0 bridgehead atoms. The van der Waals surface area contributed by atoms with Gasteiger partial charge in [-0.2, -0.15) is 4.98 Å². The molecule has 0 amide bonds. The van der Waals surface area contributed by atoms with Crippen LogP contribution < -0.4 is 5.32 Å². The number of benzene rings is 1. The first kappa shape index (κ1) is 15.6. The molecule has 5 heteroatoms. The van der Waals surface area contributed by atoms with Crippen LogP contribution in [0.5, 0.6) is 0 Å². The van der Waals surface area contributed by atoms with Gasteiger partial charge >= 0.3 is 0 Å². The van der Waals surface area contributed by atoms with E-state index in [1.807, 2.05) is 24.3 Å². The minimum Gasteiger partial charge on any atom is -0.337 e. The second-order valence-electron chi connectivity index (χ2n) is 6.15. The lowest BCUT2D eigenvalue weighted by molar-refractivity contribution is 0.345. The molecule has 0 aliphatic carbocycles. The molecule has 1 aromatic carbocycles. The Hall–Kier alpha value is -2.97. The normalized spacial score (nSPS) is 16.4. The van der Waals surface area contributed by atoms with Crippen molar-refractivity contribution in [3.63, 3.8) is 0 Å². The minimum absolute atomic E-state index is 0.167. The molecule has 5 nitrogen and oxygen atoms in total. The maximum Gasteiger partial charge on any atom is 0.244 e. The molecule has 1 unspecified atom stereocenters. The van der Waals surface area contributed by atoms with E-state index in [9.17, 15) is 0 Å². The molecule has 1 aliphatic rings. The van der Waals surface area contributed by atoms with Gasteiger partial charge in [0.2, 0.25) is 11.7 Å². The summed E-state index contributed by atoms with van der Waals surface area (Å²) in [6.45, 7) is 3.06. The maximum absolute atomic E-state index is 5.36. The van der Waals surface area contributed by atoms with E-state index in [1.54, 1.807) is 6.20 Å². The molecule has 3 heterocycles. The summed E-state index contributed by atoms with van der Waals surface area (Å²) in [5.41, 5.74) is 3.75. The van der Waals surface area contributed by atoms with Gasteiger partial charge in [0.05, 0.1) is 6.04 Å². The summed E-state index contributed by atoms with van der Waals surface area (Å²) in [7, 11) is 0. The third-order valence-electron chi connectivity index (χ3n) is 4.20. The third-order valence-corrected chi connectivity index (χ3v) is 4.20. The number of nitrogens with one attached hydrogen (secondary N) is 1. The number of aromatic nitrogens is 3. The van der Waals surface area contributed by atoms with E-state index < -0.39 is 0 Å². The topological polar surface area (TPSA) is 63.8 Å². The van der Waals surface area contributed by atoms with E-state index in [-0.39, 0.29) is 6.04 Å². The third kappa shape index (κ3) is 3.59. The zero-order valence-electron chi connectivity index (χ0n) is 14.0. The number of rotatable bonds is 2. The Bertz CT molecular complexity index is 911. The summed E-state index contributed by atoms with van der Waals surface area (Å²) < 4.78 is 5.36. The van der Waals surface area contributed by atoms with Crippen molar-refractivity contribution in [1.82, 2.24) is 20.4 Å².